The van der Waals surface area contributed by atoms with Gasteiger partial charge in [0.15, 0.2) is 12.3 Å². The Labute approximate surface area is 144 Å². The number of benzene rings is 1. The van der Waals surface area contributed by atoms with Gasteiger partial charge in [-0.3, -0.25) is 4.79 Å². The summed E-state index contributed by atoms with van der Waals surface area (Å²) in [6.45, 7) is -0.515. The van der Waals surface area contributed by atoms with E-state index in [1.807, 2.05) is 17.5 Å². The number of halogens is 1. The molecule has 0 spiro atoms. The summed E-state index contributed by atoms with van der Waals surface area (Å²) >= 11 is 2.84. The van der Waals surface area contributed by atoms with E-state index in [9.17, 15) is 14.0 Å². The summed E-state index contributed by atoms with van der Waals surface area (Å²) < 4.78 is 18.3. The lowest BCUT2D eigenvalue weighted by Crippen LogP contribution is -2.21. The SMILES string of the molecule is O=C(COC(=O)c1csc(-c2cccs2)n1)Nc1ccccc1F. The molecule has 24 heavy (non-hydrogen) atoms. The zero-order valence-corrected chi connectivity index (χ0v) is 13.8. The van der Waals surface area contributed by atoms with Crippen LogP contribution in [0.15, 0.2) is 47.2 Å². The van der Waals surface area contributed by atoms with Crippen LogP contribution in [0.2, 0.25) is 0 Å². The Kier molecular flexibility index (Phi) is 4.97. The Hall–Kier alpha value is -2.58. The molecule has 3 rings (SSSR count). The number of thiophene rings is 1. The molecule has 1 N–H and O–H groups in total. The number of nitrogens with zero attached hydrogens (tertiary/aromatic N) is 1. The summed E-state index contributed by atoms with van der Waals surface area (Å²) in [5.74, 6) is -1.88. The van der Waals surface area contributed by atoms with E-state index in [0.717, 1.165) is 4.88 Å². The molecule has 0 atom stereocenters. The standard InChI is InChI=1S/C16H11FN2O3S2/c17-10-4-1-2-5-11(10)18-14(20)8-22-16(21)12-9-24-15(19-12)13-6-3-7-23-13/h1-7,9H,8H2,(H,18,20). The molecule has 0 radical (unpaired) electrons. The second-order valence-corrected chi connectivity index (χ2v) is 6.43. The fraction of sp³-hybridized carbons (Fsp3) is 0.0625. The van der Waals surface area contributed by atoms with Crippen LogP contribution in [0.5, 0.6) is 0 Å². The second-order valence-electron chi connectivity index (χ2n) is 4.62. The topological polar surface area (TPSA) is 68.3 Å². The molecule has 0 aliphatic rings. The molecule has 5 nitrogen and oxygen atoms in total. The van der Waals surface area contributed by atoms with Gasteiger partial charge in [-0.2, -0.15) is 0 Å². The summed E-state index contributed by atoms with van der Waals surface area (Å²) in [6, 6.07) is 9.54. The highest BCUT2D eigenvalue weighted by molar-refractivity contribution is 7.20. The van der Waals surface area contributed by atoms with Crippen molar-refractivity contribution in [2.24, 2.45) is 0 Å². The number of anilines is 1. The summed E-state index contributed by atoms with van der Waals surface area (Å²) in [6.07, 6.45) is 0. The van der Waals surface area contributed by atoms with Gasteiger partial charge in [0, 0.05) is 5.38 Å². The van der Waals surface area contributed by atoms with E-state index in [4.69, 9.17) is 4.74 Å². The van der Waals surface area contributed by atoms with Gasteiger partial charge in [-0.1, -0.05) is 18.2 Å². The molecule has 0 unspecified atom stereocenters. The molecule has 3 aromatic rings. The van der Waals surface area contributed by atoms with Crippen molar-refractivity contribution in [3.05, 3.63) is 58.7 Å². The van der Waals surface area contributed by atoms with E-state index in [2.05, 4.69) is 10.3 Å². The van der Waals surface area contributed by atoms with Crippen molar-refractivity contribution < 1.29 is 18.7 Å². The van der Waals surface area contributed by atoms with E-state index < -0.39 is 24.3 Å². The number of nitrogens with one attached hydrogen (secondary N) is 1. The third kappa shape index (κ3) is 3.84. The van der Waals surface area contributed by atoms with Crippen molar-refractivity contribution >= 4 is 40.2 Å². The molecule has 1 aromatic carbocycles. The second kappa shape index (κ2) is 7.33. The molecule has 122 valence electrons. The number of rotatable bonds is 5. The Morgan fingerprint density at radius 2 is 2.00 bits per heavy atom. The first kappa shape index (κ1) is 16.3. The minimum absolute atomic E-state index is 0.0344. The number of ether oxygens (including phenoxy) is 1. The highest BCUT2D eigenvalue weighted by atomic mass is 32.1. The molecule has 0 aliphatic heterocycles. The minimum atomic E-state index is -0.697. The van der Waals surface area contributed by atoms with Crippen molar-refractivity contribution in [1.29, 1.82) is 0 Å². The Morgan fingerprint density at radius 1 is 1.17 bits per heavy atom. The zero-order valence-electron chi connectivity index (χ0n) is 12.2. The summed E-state index contributed by atoms with van der Waals surface area (Å²) in [5.41, 5.74) is 0.175. The molecule has 0 fully saturated rings. The molecule has 0 aliphatic carbocycles. The van der Waals surface area contributed by atoms with Crippen molar-refractivity contribution in [2.45, 2.75) is 0 Å². The molecule has 1 amide bonds. The monoisotopic (exact) mass is 362 g/mol. The van der Waals surface area contributed by atoms with Gasteiger partial charge < -0.3 is 10.1 Å². The van der Waals surface area contributed by atoms with Crippen LogP contribution in [0, 0.1) is 5.82 Å². The molecular weight excluding hydrogens is 351 g/mol. The number of hydrogen-bond donors (Lipinski definition) is 1. The molecule has 0 saturated carbocycles. The van der Waals surface area contributed by atoms with Gasteiger partial charge >= 0.3 is 5.97 Å². The van der Waals surface area contributed by atoms with Crippen LogP contribution in [0.4, 0.5) is 10.1 Å². The van der Waals surface area contributed by atoms with Gasteiger partial charge in [-0.05, 0) is 23.6 Å². The molecule has 8 heteroatoms. The Balaban J connectivity index is 1.56. The summed E-state index contributed by atoms with van der Waals surface area (Å²) in [5, 5.41) is 6.55. The number of thiazole rings is 1. The fourth-order valence-electron chi connectivity index (χ4n) is 1.83. The quantitative estimate of drug-likeness (QED) is 0.701. The average molecular weight is 362 g/mol. The van der Waals surface area contributed by atoms with E-state index >= 15 is 0 Å². The van der Waals surface area contributed by atoms with E-state index in [-0.39, 0.29) is 11.4 Å². The maximum atomic E-state index is 13.4. The summed E-state index contributed by atoms with van der Waals surface area (Å²) in [4.78, 5) is 28.8. The number of hydrogen-bond acceptors (Lipinski definition) is 6. The van der Waals surface area contributed by atoms with Crippen molar-refractivity contribution in [1.82, 2.24) is 4.98 Å². The van der Waals surface area contributed by atoms with Crippen LogP contribution in [-0.2, 0) is 9.53 Å². The van der Waals surface area contributed by atoms with E-state index in [1.165, 1.54) is 40.9 Å². The highest BCUT2D eigenvalue weighted by Gasteiger charge is 2.15. The number of aromatic nitrogens is 1. The Bertz CT molecular complexity index is 862. The third-order valence-electron chi connectivity index (χ3n) is 2.93. The molecule has 0 saturated heterocycles. The maximum Gasteiger partial charge on any atom is 0.358 e. The molecule has 2 aromatic heterocycles. The lowest BCUT2D eigenvalue weighted by Gasteiger charge is -2.06. The molecule has 2 heterocycles. The first-order chi connectivity index (χ1) is 11.6. The van der Waals surface area contributed by atoms with Crippen LogP contribution in [0.3, 0.4) is 0 Å². The number of carbonyl (C=O) groups is 2. The van der Waals surface area contributed by atoms with Gasteiger partial charge in [0.2, 0.25) is 0 Å². The normalized spacial score (nSPS) is 10.4. The van der Waals surface area contributed by atoms with E-state index in [1.54, 1.807) is 11.4 Å². The number of esters is 1. The lowest BCUT2D eigenvalue weighted by atomic mass is 10.3. The number of para-hydroxylation sites is 1. The highest BCUT2D eigenvalue weighted by Crippen LogP contribution is 2.27. The van der Waals surface area contributed by atoms with Gasteiger partial charge in [-0.15, -0.1) is 22.7 Å². The first-order valence-corrected chi connectivity index (χ1v) is 8.60. The molecular formula is C16H11FN2O3S2. The average Bonchev–Trinajstić information content (AvgIpc) is 3.25. The van der Waals surface area contributed by atoms with Gasteiger partial charge in [0.25, 0.3) is 5.91 Å². The van der Waals surface area contributed by atoms with Gasteiger partial charge in [-0.25, -0.2) is 14.2 Å². The number of amides is 1. The number of carbonyl (C=O) groups excluding carboxylic acids is 2. The van der Waals surface area contributed by atoms with Gasteiger partial charge in [0.1, 0.15) is 10.8 Å². The van der Waals surface area contributed by atoms with Gasteiger partial charge in [0.05, 0.1) is 10.6 Å². The largest absolute Gasteiger partial charge is 0.451 e. The minimum Gasteiger partial charge on any atom is -0.451 e. The third-order valence-corrected chi connectivity index (χ3v) is 4.81. The van der Waals surface area contributed by atoms with E-state index in [0.29, 0.717) is 5.01 Å². The van der Waals surface area contributed by atoms with Crippen molar-refractivity contribution in [3.63, 3.8) is 0 Å². The smallest absolute Gasteiger partial charge is 0.358 e. The van der Waals surface area contributed by atoms with Crippen LogP contribution in [-0.4, -0.2) is 23.5 Å². The predicted octanol–water partition coefficient (Wildman–Crippen LogP) is 3.81. The van der Waals surface area contributed by atoms with Crippen LogP contribution in [0.25, 0.3) is 9.88 Å². The Morgan fingerprint density at radius 3 is 2.75 bits per heavy atom. The van der Waals surface area contributed by atoms with Crippen LogP contribution >= 0.6 is 22.7 Å². The predicted molar refractivity (Wildman–Crippen MR) is 90.7 cm³/mol. The molecule has 0 bridgehead atoms. The summed E-state index contributed by atoms with van der Waals surface area (Å²) in [7, 11) is 0. The van der Waals surface area contributed by atoms with Crippen molar-refractivity contribution in [2.75, 3.05) is 11.9 Å². The van der Waals surface area contributed by atoms with Crippen LogP contribution < -0.4 is 5.32 Å². The van der Waals surface area contributed by atoms with Crippen molar-refractivity contribution in [3.8, 4) is 9.88 Å². The zero-order chi connectivity index (χ0) is 16.9. The first-order valence-electron chi connectivity index (χ1n) is 6.84. The maximum absolute atomic E-state index is 13.4. The van der Waals surface area contributed by atoms with Crippen LogP contribution in [0.1, 0.15) is 10.5 Å². The fourth-order valence-corrected chi connectivity index (χ4v) is 3.44. The lowest BCUT2D eigenvalue weighted by molar-refractivity contribution is -0.119.